The molecule has 3 nitrogen and oxygen atoms in total. The average molecular weight is 251 g/mol. The van der Waals surface area contributed by atoms with Crippen molar-refractivity contribution in [1.82, 2.24) is 5.32 Å². The van der Waals surface area contributed by atoms with Gasteiger partial charge in [-0.1, -0.05) is 30.3 Å². The average Bonchev–Trinajstić information content (AvgIpc) is 2.37. The van der Waals surface area contributed by atoms with Crippen LogP contribution in [0.5, 0.6) is 0 Å². The van der Waals surface area contributed by atoms with Crippen molar-refractivity contribution >= 4 is 0 Å². The van der Waals surface area contributed by atoms with E-state index in [1.165, 1.54) is 5.56 Å². The van der Waals surface area contributed by atoms with Crippen LogP contribution in [0.1, 0.15) is 25.8 Å². The van der Waals surface area contributed by atoms with Gasteiger partial charge in [0.1, 0.15) is 0 Å². The number of aliphatic hydroxyl groups is 1. The Labute approximate surface area is 110 Å². The van der Waals surface area contributed by atoms with Gasteiger partial charge in [0, 0.05) is 6.54 Å². The lowest BCUT2D eigenvalue weighted by atomic mass is 10.1. The van der Waals surface area contributed by atoms with Gasteiger partial charge in [-0.15, -0.1) is 0 Å². The van der Waals surface area contributed by atoms with Crippen LogP contribution in [0.15, 0.2) is 30.3 Å². The number of aliphatic hydroxyl groups excluding tert-OH is 1. The van der Waals surface area contributed by atoms with E-state index >= 15 is 0 Å². The highest BCUT2D eigenvalue weighted by molar-refractivity contribution is 5.14. The Morgan fingerprint density at radius 2 is 1.94 bits per heavy atom. The lowest BCUT2D eigenvalue weighted by Gasteiger charge is -2.14. The van der Waals surface area contributed by atoms with E-state index in [9.17, 15) is 5.11 Å². The molecule has 0 aliphatic heterocycles. The van der Waals surface area contributed by atoms with Crippen LogP contribution in [0.25, 0.3) is 0 Å². The fourth-order valence-electron chi connectivity index (χ4n) is 1.69. The van der Waals surface area contributed by atoms with Crippen molar-refractivity contribution in [3.63, 3.8) is 0 Å². The van der Waals surface area contributed by atoms with Crippen molar-refractivity contribution in [2.45, 2.75) is 38.9 Å². The van der Waals surface area contributed by atoms with E-state index in [-0.39, 0.29) is 6.10 Å². The van der Waals surface area contributed by atoms with Crippen LogP contribution in [-0.4, -0.2) is 37.0 Å². The summed E-state index contributed by atoms with van der Waals surface area (Å²) in [5.74, 6) is 0. The third-order valence-electron chi connectivity index (χ3n) is 2.66. The Bertz CT molecular complexity index is 301. The van der Waals surface area contributed by atoms with E-state index in [0.29, 0.717) is 13.2 Å². The lowest BCUT2D eigenvalue weighted by Crippen LogP contribution is -2.32. The highest BCUT2D eigenvalue weighted by Crippen LogP contribution is 2.01. The molecule has 1 aromatic carbocycles. The summed E-state index contributed by atoms with van der Waals surface area (Å²) in [6.07, 6.45) is 1.93. The Balaban J connectivity index is 1.98. The van der Waals surface area contributed by atoms with Gasteiger partial charge < -0.3 is 15.2 Å². The molecule has 0 amide bonds. The summed E-state index contributed by atoms with van der Waals surface area (Å²) in [5, 5.41) is 12.9. The SMILES string of the molecule is CC(C)OCC(O)CNCCCc1ccccc1. The Morgan fingerprint density at radius 3 is 2.61 bits per heavy atom. The first-order valence-corrected chi connectivity index (χ1v) is 6.73. The van der Waals surface area contributed by atoms with Crippen LogP contribution in [-0.2, 0) is 11.2 Å². The Hall–Kier alpha value is -0.900. The van der Waals surface area contributed by atoms with Crippen LogP contribution < -0.4 is 5.32 Å². The minimum atomic E-state index is -0.413. The van der Waals surface area contributed by atoms with Crippen LogP contribution in [0.4, 0.5) is 0 Å². The number of rotatable bonds is 9. The second-order valence-electron chi connectivity index (χ2n) is 4.83. The van der Waals surface area contributed by atoms with Gasteiger partial charge in [0.05, 0.1) is 18.8 Å². The van der Waals surface area contributed by atoms with Crippen LogP contribution in [0.2, 0.25) is 0 Å². The fourth-order valence-corrected chi connectivity index (χ4v) is 1.69. The number of ether oxygens (including phenoxy) is 1. The lowest BCUT2D eigenvalue weighted by molar-refractivity contribution is 0.00647. The van der Waals surface area contributed by atoms with Gasteiger partial charge in [-0.05, 0) is 38.8 Å². The summed E-state index contributed by atoms with van der Waals surface area (Å²) >= 11 is 0. The molecule has 1 aromatic rings. The van der Waals surface area contributed by atoms with Gasteiger partial charge in [-0.3, -0.25) is 0 Å². The van der Waals surface area contributed by atoms with E-state index in [2.05, 4.69) is 29.6 Å². The third kappa shape index (κ3) is 7.43. The monoisotopic (exact) mass is 251 g/mol. The summed E-state index contributed by atoms with van der Waals surface area (Å²) in [6.45, 7) is 5.87. The molecular weight excluding hydrogens is 226 g/mol. The van der Waals surface area contributed by atoms with Crippen molar-refractivity contribution in [3.05, 3.63) is 35.9 Å². The zero-order valence-corrected chi connectivity index (χ0v) is 11.4. The summed E-state index contributed by atoms with van der Waals surface area (Å²) in [6, 6.07) is 10.5. The molecule has 1 unspecified atom stereocenters. The number of aryl methyl sites for hydroxylation is 1. The number of hydrogen-bond acceptors (Lipinski definition) is 3. The first-order valence-electron chi connectivity index (χ1n) is 6.73. The maximum absolute atomic E-state index is 9.63. The first kappa shape index (κ1) is 15.2. The molecule has 0 radical (unpaired) electrons. The van der Waals surface area contributed by atoms with E-state index in [0.717, 1.165) is 19.4 Å². The number of nitrogens with one attached hydrogen (secondary N) is 1. The molecule has 0 saturated carbocycles. The van der Waals surface area contributed by atoms with Crippen LogP contribution in [0.3, 0.4) is 0 Å². The number of benzene rings is 1. The Kier molecular flexibility index (Phi) is 7.65. The van der Waals surface area contributed by atoms with Crippen LogP contribution in [0, 0.1) is 0 Å². The van der Waals surface area contributed by atoms with Crippen molar-refractivity contribution in [2.75, 3.05) is 19.7 Å². The molecule has 1 atom stereocenters. The quantitative estimate of drug-likeness (QED) is 0.660. The molecule has 0 bridgehead atoms. The zero-order valence-electron chi connectivity index (χ0n) is 11.4. The van der Waals surface area contributed by atoms with Crippen molar-refractivity contribution in [3.8, 4) is 0 Å². The van der Waals surface area contributed by atoms with Crippen molar-refractivity contribution < 1.29 is 9.84 Å². The molecule has 3 heteroatoms. The van der Waals surface area contributed by atoms with E-state index in [1.807, 2.05) is 19.9 Å². The van der Waals surface area contributed by atoms with Crippen molar-refractivity contribution in [1.29, 1.82) is 0 Å². The standard InChI is InChI=1S/C15H25NO2/c1-13(2)18-12-15(17)11-16-10-6-9-14-7-4-3-5-8-14/h3-5,7-8,13,15-17H,6,9-12H2,1-2H3. The molecule has 18 heavy (non-hydrogen) atoms. The maximum Gasteiger partial charge on any atom is 0.0897 e. The molecule has 102 valence electrons. The van der Waals surface area contributed by atoms with Gasteiger partial charge in [0.15, 0.2) is 0 Å². The third-order valence-corrected chi connectivity index (χ3v) is 2.66. The largest absolute Gasteiger partial charge is 0.389 e. The van der Waals surface area contributed by atoms with Gasteiger partial charge in [0.25, 0.3) is 0 Å². The number of hydrogen-bond donors (Lipinski definition) is 2. The predicted molar refractivity (Wildman–Crippen MR) is 74.7 cm³/mol. The van der Waals surface area contributed by atoms with Gasteiger partial charge in [-0.2, -0.15) is 0 Å². The molecule has 0 aliphatic rings. The van der Waals surface area contributed by atoms with Crippen molar-refractivity contribution in [2.24, 2.45) is 0 Å². The molecule has 0 saturated heterocycles. The van der Waals surface area contributed by atoms with Gasteiger partial charge in [0.2, 0.25) is 0 Å². The second kappa shape index (κ2) is 9.09. The topological polar surface area (TPSA) is 41.5 Å². The Morgan fingerprint density at radius 1 is 1.22 bits per heavy atom. The minimum Gasteiger partial charge on any atom is -0.389 e. The molecule has 0 spiro atoms. The normalized spacial score (nSPS) is 12.9. The van der Waals surface area contributed by atoms with Crippen LogP contribution >= 0.6 is 0 Å². The highest BCUT2D eigenvalue weighted by atomic mass is 16.5. The molecule has 0 heterocycles. The van der Waals surface area contributed by atoms with Gasteiger partial charge in [-0.25, -0.2) is 0 Å². The summed E-state index contributed by atoms with van der Waals surface area (Å²) in [7, 11) is 0. The maximum atomic E-state index is 9.63. The molecule has 0 aromatic heterocycles. The molecular formula is C15H25NO2. The minimum absolute atomic E-state index is 0.178. The summed E-state index contributed by atoms with van der Waals surface area (Å²) < 4.78 is 5.34. The zero-order chi connectivity index (χ0) is 13.2. The van der Waals surface area contributed by atoms with E-state index in [4.69, 9.17) is 4.74 Å². The highest BCUT2D eigenvalue weighted by Gasteiger charge is 2.04. The molecule has 0 fully saturated rings. The molecule has 1 rings (SSSR count). The summed E-state index contributed by atoms with van der Waals surface area (Å²) in [5.41, 5.74) is 1.36. The van der Waals surface area contributed by atoms with Gasteiger partial charge >= 0.3 is 0 Å². The van der Waals surface area contributed by atoms with E-state index < -0.39 is 6.10 Å². The van der Waals surface area contributed by atoms with E-state index in [1.54, 1.807) is 0 Å². The first-order chi connectivity index (χ1) is 8.68. The predicted octanol–water partition coefficient (Wildman–Crippen LogP) is 1.99. The smallest absolute Gasteiger partial charge is 0.0897 e. The molecule has 0 aliphatic carbocycles. The summed E-state index contributed by atoms with van der Waals surface area (Å²) in [4.78, 5) is 0. The second-order valence-corrected chi connectivity index (χ2v) is 4.83. The molecule has 2 N–H and O–H groups in total. The fraction of sp³-hybridized carbons (Fsp3) is 0.600.